The van der Waals surface area contributed by atoms with Crippen LogP contribution >= 0.6 is 11.3 Å². The van der Waals surface area contributed by atoms with Gasteiger partial charge in [0.15, 0.2) is 0 Å². The van der Waals surface area contributed by atoms with Crippen molar-refractivity contribution in [1.82, 2.24) is 20.4 Å². The molecule has 2 heterocycles. The van der Waals surface area contributed by atoms with Crippen LogP contribution in [0.15, 0.2) is 23.0 Å². The maximum Gasteiger partial charge on any atom is 0.0846 e. The number of aromatic nitrogens is 3. The van der Waals surface area contributed by atoms with Gasteiger partial charge >= 0.3 is 0 Å². The normalized spacial score (nSPS) is 12.9. The number of nitrogens with zero attached hydrogens (tertiary/aromatic N) is 3. The summed E-state index contributed by atoms with van der Waals surface area (Å²) in [6, 6.07) is 2.17. The van der Waals surface area contributed by atoms with Crippen LogP contribution in [0.5, 0.6) is 0 Å². The van der Waals surface area contributed by atoms with Crippen molar-refractivity contribution in [2.75, 3.05) is 0 Å². The Morgan fingerprint density at radius 3 is 3.07 bits per heavy atom. The van der Waals surface area contributed by atoms with Gasteiger partial charge in [0.25, 0.3) is 0 Å². The van der Waals surface area contributed by atoms with E-state index in [1.54, 1.807) is 16.0 Å². The topological polar surface area (TPSA) is 68.8 Å². The van der Waals surface area contributed by atoms with Crippen LogP contribution in [0.2, 0.25) is 0 Å². The summed E-state index contributed by atoms with van der Waals surface area (Å²) in [5.41, 5.74) is 4.92. The van der Waals surface area contributed by atoms with Crippen LogP contribution in [-0.2, 0) is 13.5 Å². The Morgan fingerprint density at radius 2 is 2.53 bits per heavy atom. The van der Waals surface area contributed by atoms with Gasteiger partial charge in [0.05, 0.1) is 11.7 Å². The van der Waals surface area contributed by atoms with Crippen LogP contribution in [0.3, 0.4) is 0 Å². The van der Waals surface area contributed by atoms with Gasteiger partial charge < -0.3 is 0 Å². The Bertz CT molecular complexity index is 408. The number of rotatable bonds is 4. The van der Waals surface area contributed by atoms with E-state index in [0.29, 0.717) is 0 Å². The Kier molecular flexibility index (Phi) is 3.10. The first-order chi connectivity index (χ1) is 7.29. The number of thiophene rings is 1. The Balaban J connectivity index is 2.09. The molecule has 0 bridgehead atoms. The standard InChI is InChI=1S/C9H13N5S/c1-14-5-8(12-13-14)4-9(11-10)7-2-3-15-6-7/h2-3,5-6,9,11H,4,10H2,1H3. The number of nitrogens with two attached hydrogens (primary N) is 1. The second-order valence-corrected chi connectivity index (χ2v) is 4.14. The number of nitrogens with one attached hydrogen (secondary N) is 1. The molecule has 0 saturated carbocycles. The van der Waals surface area contributed by atoms with E-state index in [-0.39, 0.29) is 6.04 Å². The Labute approximate surface area is 91.9 Å². The summed E-state index contributed by atoms with van der Waals surface area (Å²) in [6.07, 6.45) is 2.65. The molecule has 2 rings (SSSR count). The number of aryl methyl sites for hydroxylation is 1. The van der Waals surface area contributed by atoms with E-state index >= 15 is 0 Å². The molecule has 3 N–H and O–H groups in total. The van der Waals surface area contributed by atoms with E-state index in [1.807, 2.05) is 18.6 Å². The molecule has 0 aromatic carbocycles. The van der Waals surface area contributed by atoms with E-state index in [2.05, 4.69) is 27.2 Å². The molecular weight excluding hydrogens is 210 g/mol. The van der Waals surface area contributed by atoms with E-state index in [4.69, 9.17) is 5.84 Å². The summed E-state index contributed by atoms with van der Waals surface area (Å²) < 4.78 is 1.69. The maximum absolute atomic E-state index is 5.52. The molecule has 0 aliphatic carbocycles. The van der Waals surface area contributed by atoms with Crippen molar-refractivity contribution in [2.24, 2.45) is 12.9 Å². The predicted molar refractivity (Wildman–Crippen MR) is 59.1 cm³/mol. The van der Waals surface area contributed by atoms with Crippen molar-refractivity contribution < 1.29 is 0 Å². The van der Waals surface area contributed by atoms with Crippen molar-refractivity contribution in [3.05, 3.63) is 34.3 Å². The van der Waals surface area contributed by atoms with E-state index in [1.165, 1.54) is 5.56 Å². The molecule has 0 aliphatic heterocycles. The molecular formula is C9H13N5S. The first-order valence-corrected chi connectivity index (χ1v) is 5.57. The molecule has 0 spiro atoms. The lowest BCUT2D eigenvalue weighted by molar-refractivity contribution is 0.547. The molecule has 1 atom stereocenters. The van der Waals surface area contributed by atoms with Crippen LogP contribution < -0.4 is 11.3 Å². The lowest BCUT2D eigenvalue weighted by atomic mass is 10.1. The van der Waals surface area contributed by atoms with Crippen molar-refractivity contribution in [3.8, 4) is 0 Å². The molecule has 0 fully saturated rings. The molecule has 0 amide bonds. The molecule has 15 heavy (non-hydrogen) atoms. The largest absolute Gasteiger partial charge is 0.271 e. The van der Waals surface area contributed by atoms with Gasteiger partial charge in [-0.25, -0.2) is 0 Å². The monoisotopic (exact) mass is 223 g/mol. The smallest absolute Gasteiger partial charge is 0.0846 e. The molecule has 5 nitrogen and oxygen atoms in total. The van der Waals surface area contributed by atoms with Gasteiger partial charge in [0.1, 0.15) is 0 Å². The van der Waals surface area contributed by atoms with Gasteiger partial charge in [0, 0.05) is 19.7 Å². The number of hydrogen-bond acceptors (Lipinski definition) is 5. The third kappa shape index (κ3) is 2.41. The van der Waals surface area contributed by atoms with E-state index in [0.717, 1.165) is 12.1 Å². The predicted octanol–water partition coefficient (Wildman–Crippen LogP) is 0.624. The van der Waals surface area contributed by atoms with Gasteiger partial charge in [0.2, 0.25) is 0 Å². The van der Waals surface area contributed by atoms with E-state index < -0.39 is 0 Å². The van der Waals surface area contributed by atoms with E-state index in [9.17, 15) is 0 Å². The highest BCUT2D eigenvalue weighted by atomic mass is 32.1. The van der Waals surface area contributed by atoms with Crippen molar-refractivity contribution >= 4 is 11.3 Å². The summed E-state index contributed by atoms with van der Waals surface area (Å²) in [7, 11) is 1.85. The van der Waals surface area contributed by atoms with Gasteiger partial charge in [-0.05, 0) is 22.4 Å². The van der Waals surface area contributed by atoms with Crippen LogP contribution in [0.4, 0.5) is 0 Å². The lowest BCUT2D eigenvalue weighted by Gasteiger charge is -2.12. The summed E-state index contributed by atoms with van der Waals surface area (Å²) >= 11 is 1.66. The molecule has 1 unspecified atom stereocenters. The highest BCUT2D eigenvalue weighted by Crippen LogP contribution is 2.18. The number of hydrogen-bond donors (Lipinski definition) is 2. The van der Waals surface area contributed by atoms with Crippen LogP contribution in [0.25, 0.3) is 0 Å². The fraction of sp³-hybridized carbons (Fsp3) is 0.333. The average Bonchev–Trinajstić information content (AvgIpc) is 2.85. The Hall–Kier alpha value is -1.24. The quantitative estimate of drug-likeness (QED) is 0.589. The molecule has 80 valence electrons. The van der Waals surface area contributed by atoms with Gasteiger partial charge in [-0.2, -0.15) is 11.3 Å². The fourth-order valence-corrected chi connectivity index (χ4v) is 2.16. The van der Waals surface area contributed by atoms with Crippen LogP contribution in [-0.4, -0.2) is 15.0 Å². The summed E-state index contributed by atoms with van der Waals surface area (Å²) in [4.78, 5) is 0. The number of hydrazine groups is 1. The zero-order valence-corrected chi connectivity index (χ0v) is 9.24. The molecule has 2 aromatic rings. The fourth-order valence-electron chi connectivity index (χ4n) is 1.44. The second-order valence-electron chi connectivity index (χ2n) is 3.36. The molecule has 2 aromatic heterocycles. The average molecular weight is 223 g/mol. The zero-order chi connectivity index (χ0) is 10.7. The maximum atomic E-state index is 5.52. The molecule has 6 heteroatoms. The lowest BCUT2D eigenvalue weighted by Crippen LogP contribution is -2.29. The minimum absolute atomic E-state index is 0.105. The second kappa shape index (κ2) is 4.52. The minimum Gasteiger partial charge on any atom is -0.271 e. The highest BCUT2D eigenvalue weighted by Gasteiger charge is 2.12. The molecule has 0 radical (unpaired) electrons. The van der Waals surface area contributed by atoms with Crippen LogP contribution in [0, 0.1) is 0 Å². The van der Waals surface area contributed by atoms with Crippen molar-refractivity contribution in [1.29, 1.82) is 0 Å². The van der Waals surface area contributed by atoms with Gasteiger partial charge in [-0.1, -0.05) is 5.21 Å². The van der Waals surface area contributed by atoms with Gasteiger partial charge in [-0.3, -0.25) is 16.0 Å². The zero-order valence-electron chi connectivity index (χ0n) is 8.42. The summed E-state index contributed by atoms with van der Waals surface area (Å²) in [5.74, 6) is 5.52. The SMILES string of the molecule is Cn1cc(CC(NN)c2ccsc2)nn1. The summed E-state index contributed by atoms with van der Waals surface area (Å²) in [6.45, 7) is 0. The summed E-state index contributed by atoms with van der Waals surface area (Å²) in [5, 5.41) is 12.0. The first-order valence-electron chi connectivity index (χ1n) is 4.63. The van der Waals surface area contributed by atoms with Crippen molar-refractivity contribution in [2.45, 2.75) is 12.5 Å². The van der Waals surface area contributed by atoms with Crippen LogP contribution in [0.1, 0.15) is 17.3 Å². The van der Waals surface area contributed by atoms with Gasteiger partial charge in [-0.15, -0.1) is 5.10 Å². The molecule has 0 saturated heterocycles. The Morgan fingerprint density at radius 1 is 1.67 bits per heavy atom. The third-order valence-corrected chi connectivity index (χ3v) is 2.91. The highest BCUT2D eigenvalue weighted by molar-refractivity contribution is 7.07. The first kappa shape index (κ1) is 10.3. The third-order valence-electron chi connectivity index (χ3n) is 2.21. The molecule has 0 aliphatic rings. The van der Waals surface area contributed by atoms with Crippen molar-refractivity contribution in [3.63, 3.8) is 0 Å². The minimum atomic E-state index is 0.105.